The van der Waals surface area contributed by atoms with Crippen LogP contribution in [-0.4, -0.2) is 65.4 Å². The van der Waals surface area contributed by atoms with E-state index in [1.807, 2.05) is 0 Å². The van der Waals surface area contributed by atoms with Gasteiger partial charge in [-0.1, -0.05) is 19.1 Å². The molecule has 0 spiro atoms. The van der Waals surface area contributed by atoms with Crippen LogP contribution in [0.3, 0.4) is 0 Å². The van der Waals surface area contributed by atoms with Gasteiger partial charge in [0.1, 0.15) is 17.3 Å². The molecule has 2 heterocycles. The van der Waals surface area contributed by atoms with Gasteiger partial charge in [0, 0.05) is 62.5 Å². The minimum Gasteiger partial charge on any atom is -0.505 e. The van der Waals surface area contributed by atoms with Crippen molar-refractivity contribution >= 4 is 11.8 Å². The van der Waals surface area contributed by atoms with E-state index in [1.54, 1.807) is 31.9 Å². The van der Waals surface area contributed by atoms with Crippen LogP contribution in [0.2, 0.25) is 0 Å². The summed E-state index contributed by atoms with van der Waals surface area (Å²) in [7, 11) is 1.59. The number of halogens is 4. The SMILES string of the molecule is CC/C=C1/C(O)=C(C(=O)N(C)CC)N2CCC(NCCC(C)(F)F)C2=C1C(=O)NCc1ccc(F)cc1F. The summed E-state index contributed by atoms with van der Waals surface area (Å²) in [6.07, 6.45) is 2.00. The number of amides is 2. The van der Waals surface area contributed by atoms with Crippen molar-refractivity contribution in [1.82, 2.24) is 20.4 Å². The molecule has 11 heteroatoms. The highest BCUT2D eigenvalue weighted by Gasteiger charge is 2.44. The maximum Gasteiger partial charge on any atom is 0.274 e. The van der Waals surface area contributed by atoms with Crippen LogP contribution in [0.1, 0.15) is 45.6 Å². The zero-order valence-electron chi connectivity index (χ0n) is 22.0. The maximum absolute atomic E-state index is 14.2. The molecule has 0 saturated carbocycles. The minimum absolute atomic E-state index is 0.00954. The fourth-order valence-corrected chi connectivity index (χ4v) is 4.53. The second-order valence-electron chi connectivity index (χ2n) is 9.49. The summed E-state index contributed by atoms with van der Waals surface area (Å²) in [6, 6.07) is 2.46. The number of alkyl halides is 2. The van der Waals surface area contributed by atoms with Crippen molar-refractivity contribution in [2.45, 2.75) is 58.5 Å². The van der Waals surface area contributed by atoms with Crippen LogP contribution in [0.25, 0.3) is 0 Å². The highest BCUT2D eigenvalue weighted by atomic mass is 19.3. The second-order valence-corrected chi connectivity index (χ2v) is 9.49. The van der Waals surface area contributed by atoms with E-state index in [9.17, 15) is 32.3 Å². The Bertz CT molecular complexity index is 1170. The fraction of sp³-hybridized carbons (Fsp3) is 0.481. The number of rotatable bonds is 10. The first-order valence-corrected chi connectivity index (χ1v) is 12.6. The van der Waals surface area contributed by atoms with Gasteiger partial charge in [0.15, 0.2) is 5.76 Å². The predicted octanol–water partition coefficient (Wildman–Crippen LogP) is 4.14. The van der Waals surface area contributed by atoms with Gasteiger partial charge in [-0.2, -0.15) is 0 Å². The topological polar surface area (TPSA) is 84.9 Å². The lowest BCUT2D eigenvalue weighted by molar-refractivity contribution is -0.127. The van der Waals surface area contributed by atoms with Gasteiger partial charge in [0.2, 0.25) is 5.92 Å². The van der Waals surface area contributed by atoms with E-state index in [4.69, 9.17) is 0 Å². The Labute approximate surface area is 219 Å². The van der Waals surface area contributed by atoms with Gasteiger partial charge in [0.05, 0.1) is 11.6 Å². The number of benzene rings is 1. The lowest BCUT2D eigenvalue weighted by Crippen LogP contribution is -2.43. The van der Waals surface area contributed by atoms with Crippen molar-refractivity contribution in [1.29, 1.82) is 0 Å². The fourth-order valence-electron chi connectivity index (χ4n) is 4.53. The van der Waals surface area contributed by atoms with Crippen LogP contribution in [0.5, 0.6) is 0 Å². The number of carbonyl (C=O) groups excluding carboxylic acids is 2. The third-order valence-corrected chi connectivity index (χ3v) is 6.61. The number of hydrogen-bond donors (Lipinski definition) is 3. The van der Waals surface area contributed by atoms with E-state index in [0.717, 1.165) is 13.0 Å². The van der Waals surface area contributed by atoms with E-state index in [0.29, 0.717) is 31.1 Å². The first kappa shape index (κ1) is 29.2. The quantitative estimate of drug-likeness (QED) is 0.390. The predicted molar refractivity (Wildman–Crippen MR) is 135 cm³/mol. The minimum atomic E-state index is -2.89. The average Bonchev–Trinajstić information content (AvgIpc) is 3.25. The average molecular weight is 539 g/mol. The molecule has 3 N–H and O–H groups in total. The van der Waals surface area contributed by atoms with Gasteiger partial charge in [-0.05, 0) is 32.8 Å². The molecule has 0 bridgehead atoms. The first-order chi connectivity index (χ1) is 17.9. The van der Waals surface area contributed by atoms with Crippen LogP contribution in [0.15, 0.2) is 52.6 Å². The molecule has 1 atom stereocenters. The molecule has 2 aliphatic rings. The van der Waals surface area contributed by atoms with Crippen molar-refractivity contribution in [3.63, 3.8) is 0 Å². The first-order valence-electron chi connectivity index (χ1n) is 12.6. The number of fused-ring (bicyclic) bond motifs is 1. The third kappa shape index (κ3) is 6.38. The molecular weight excluding hydrogens is 504 g/mol. The Kier molecular flexibility index (Phi) is 9.24. The number of carbonyl (C=O) groups is 2. The van der Waals surface area contributed by atoms with Gasteiger partial charge < -0.3 is 25.5 Å². The van der Waals surface area contributed by atoms with Gasteiger partial charge in [-0.15, -0.1) is 0 Å². The highest BCUT2D eigenvalue weighted by Crippen LogP contribution is 2.40. The summed E-state index contributed by atoms with van der Waals surface area (Å²) in [6.45, 7) is 4.75. The summed E-state index contributed by atoms with van der Waals surface area (Å²) in [5.74, 6) is -5.91. The molecule has 208 valence electrons. The number of allylic oxidation sites excluding steroid dienone is 2. The number of aliphatic hydroxyl groups excluding tert-OH is 1. The molecule has 1 unspecified atom stereocenters. The Morgan fingerprint density at radius 1 is 1.26 bits per heavy atom. The molecule has 0 radical (unpaired) electrons. The summed E-state index contributed by atoms with van der Waals surface area (Å²) in [5, 5.41) is 17.0. The van der Waals surface area contributed by atoms with Gasteiger partial charge in [-0.25, -0.2) is 17.6 Å². The molecule has 1 aromatic carbocycles. The normalized spacial score (nSPS) is 18.8. The largest absolute Gasteiger partial charge is 0.505 e. The molecule has 7 nitrogen and oxygen atoms in total. The summed E-state index contributed by atoms with van der Waals surface area (Å²) < 4.78 is 54.4. The van der Waals surface area contributed by atoms with Gasteiger partial charge in [0.25, 0.3) is 11.8 Å². The third-order valence-electron chi connectivity index (χ3n) is 6.61. The lowest BCUT2D eigenvalue weighted by Gasteiger charge is -2.34. The number of aliphatic hydroxyl groups is 1. The summed E-state index contributed by atoms with van der Waals surface area (Å²) >= 11 is 0. The summed E-state index contributed by atoms with van der Waals surface area (Å²) in [4.78, 5) is 29.8. The number of hydrogen-bond acceptors (Lipinski definition) is 5. The standard InChI is InChI=1S/C27H34F4N4O3/c1-5-7-18-21(25(37)33-15-16-8-9-17(28)14-19(16)29)22-20(32-12-11-27(3,30)31)10-13-35(22)23(24(18)36)26(38)34(4)6-2/h7-9,14,20,32,36H,5-6,10-13,15H2,1-4H3,(H,33,37)/b18-7+. The van der Waals surface area contributed by atoms with Crippen molar-refractivity contribution in [3.05, 3.63) is 69.8 Å². The van der Waals surface area contributed by atoms with Crippen LogP contribution in [0.4, 0.5) is 17.6 Å². The highest BCUT2D eigenvalue weighted by molar-refractivity contribution is 6.03. The van der Waals surface area contributed by atoms with E-state index in [1.165, 1.54) is 11.0 Å². The second kappa shape index (κ2) is 12.0. The number of likely N-dealkylation sites (N-methyl/N-ethyl adjacent to an activating group) is 1. The molecule has 2 aliphatic heterocycles. The number of nitrogens with zero attached hydrogens (tertiary/aromatic N) is 2. The molecule has 0 aliphatic carbocycles. The van der Waals surface area contributed by atoms with E-state index in [2.05, 4.69) is 10.6 Å². The molecule has 1 aromatic rings. The Hall–Kier alpha value is -3.34. The Balaban J connectivity index is 2.04. The maximum atomic E-state index is 14.2. The van der Waals surface area contributed by atoms with Crippen molar-refractivity contribution in [3.8, 4) is 0 Å². The van der Waals surface area contributed by atoms with Gasteiger partial charge >= 0.3 is 0 Å². The lowest BCUT2D eigenvalue weighted by atomic mass is 9.92. The van der Waals surface area contributed by atoms with Crippen molar-refractivity contribution in [2.75, 3.05) is 26.7 Å². The number of nitrogens with one attached hydrogen (secondary N) is 2. The zero-order chi connectivity index (χ0) is 28.2. The molecule has 1 saturated heterocycles. The Morgan fingerprint density at radius 2 is 1.97 bits per heavy atom. The Morgan fingerprint density at radius 3 is 2.58 bits per heavy atom. The molecule has 38 heavy (non-hydrogen) atoms. The van der Waals surface area contributed by atoms with Crippen LogP contribution in [0, 0.1) is 11.6 Å². The smallest absolute Gasteiger partial charge is 0.274 e. The zero-order valence-corrected chi connectivity index (χ0v) is 22.0. The molecule has 0 aromatic heterocycles. The van der Waals surface area contributed by atoms with Crippen molar-refractivity contribution in [2.24, 2.45) is 0 Å². The van der Waals surface area contributed by atoms with Crippen LogP contribution >= 0.6 is 0 Å². The van der Waals surface area contributed by atoms with E-state index < -0.39 is 41.8 Å². The molecule has 2 amide bonds. The molecular formula is C27H34F4N4O3. The van der Waals surface area contributed by atoms with Gasteiger partial charge in [-0.3, -0.25) is 9.59 Å². The van der Waals surface area contributed by atoms with Crippen LogP contribution < -0.4 is 10.6 Å². The molecule has 3 rings (SSSR count). The molecule has 1 fully saturated rings. The van der Waals surface area contributed by atoms with E-state index >= 15 is 0 Å². The monoisotopic (exact) mass is 538 g/mol. The van der Waals surface area contributed by atoms with Crippen molar-refractivity contribution < 1.29 is 32.3 Å². The van der Waals surface area contributed by atoms with Crippen LogP contribution in [-0.2, 0) is 16.1 Å². The summed E-state index contributed by atoms with van der Waals surface area (Å²) in [5.41, 5.74) is 0.659. The van der Waals surface area contributed by atoms with E-state index in [-0.39, 0.29) is 47.8 Å².